The molecular formula is C29H41ClN4O5. The van der Waals surface area contributed by atoms with Crippen LogP contribution in [0, 0.1) is 11.8 Å². The van der Waals surface area contributed by atoms with Crippen molar-refractivity contribution in [3.05, 3.63) is 35.9 Å². The van der Waals surface area contributed by atoms with Crippen LogP contribution in [0.5, 0.6) is 11.5 Å². The van der Waals surface area contributed by atoms with E-state index in [-0.39, 0.29) is 42.1 Å². The average Bonchev–Trinajstić information content (AvgIpc) is 2.95. The molecule has 2 saturated heterocycles. The number of hydrogen-bond acceptors (Lipinski definition) is 7. The predicted molar refractivity (Wildman–Crippen MR) is 152 cm³/mol. The van der Waals surface area contributed by atoms with Crippen molar-refractivity contribution in [1.29, 1.82) is 0 Å². The fourth-order valence-electron chi connectivity index (χ4n) is 5.95. The van der Waals surface area contributed by atoms with Gasteiger partial charge in [-0.1, -0.05) is 12.2 Å². The SMILES string of the molecule is CCOc1ccc(C2=NN(C3CCN(C(=O)CN4CCOCC4)CC3)C(=O)[C@@H]3CC=CC[C@H]23)cc1OCC.Cl. The Morgan fingerprint density at radius 1 is 0.974 bits per heavy atom. The van der Waals surface area contributed by atoms with Crippen molar-refractivity contribution < 1.29 is 23.8 Å². The first-order valence-corrected chi connectivity index (χ1v) is 14.1. The lowest BCUT2D eigenvalue weighted by atomic mass is 9.76. The number of piperidine rings is 1. The van der Waals surface area contributed by atoms with Gasteiger partial charge in [0, 0.05) is 37.7 Å². The van der Waals surface area contributed by atoms with Crippen LogP contribution >= 0.6 is 12.4 Å². The summed E-state index contributed by atoms with van der Waals surface area (Å²) in [5, 5.41) is 6.77. The highest BCUT2D eigenvalue weighted by Gasteiger charge is 2.43. The Kier molecular flexibility index (Phi) is 10.3. The van der Waals surface area contributed by atoms with Crippen LogP contribution in [0.2, 0.25) is 0 Å². The molecule has 4 aliphatic rings. The smallest absolute Gasteiger partial charge is 0.247 e. The number of halogens is 1. The minimum atomic E-state index is -0.115. The molecule has 214 valence electrons. The number of rotatable bonds is 8. The van der Waals surface area contributed by atoms with Crippen LogP contribution in [0.15, 0.2) is 35.5 Å². The molecule has 1 aliphatic carbocycles. The number of nitrogens with zero attached hydrogens (tertiary/aromatic N) is 4. The molecule has 9 nitrogen and oxygen atoms in total. The highest BCUT2D eigenvalue weighted by molar-refractivity contribution is 6.07. The van der Waals surface area contributed by atoms with E-state index < -0.39 is 0 Å². The molecule has 0 unspecified atom stereocenters. The van der Waals surface area contributed by atoms with Crippen molar-refractivity contribution in [1.82, 2.24) is 14.8 Å². The maximum atomic E-state index is 13.7. The van der Waals surface area contributed by atoms with Crippen LogP contribution in [0.4, 0.5) is 0 Å². The molecule has 0 bridgehead atoms. The normalized spacial score (nSPS) is 24.1. The van der Waals surface area contributed by atoms with Crippen molar-refractivity contribution in [2.45, 2.75) is 45.6 Å². The van der Waals surface area contributed by atoms with E-state index in [2.05, 4.69) is 17.1 Å². The molecule has 2 atom stereocenters. The molecule has 0 N–H and O–H groups in total. The standard InChI is InChI=1S/C29H40N4O5.ClH/c1-3-37-25-10-9-21(19-26(25)38-4-2)28-23-7-5-6-8-24(23)29(35)33(30-28)22-11-13-32(14-12-22)27(34)20-31-15-17-36-18-16-31;/h5-6,9-10,19,22-24H,3-4,7-8,11-18,20H2,1-2H3;1H/t23-,24+;/m0./s1. The summed E-state index contributed by atoms with van der Waals surface area (Å²) in [6.07, 6.45) is 7.28. The Morgan fingerprint density at radius 3 is 2.33 bits per heavy atom. The number of likely N-dealkylation sites (tertiary alicyclic amines) is 1. The van der Waals surface area contributed by atoms with Crippen molar-refractivity contribution in [3.63, 3.8) is 0 Å². The van der Waals surface area contributed by atoms with E-state index in [1.165, 1.54) is 0 Å². The molecule has 3 aliphatic heterocycles. The lowest BCUT2D eigenvalue weighted by Gasteiger charge is -2.42. The predicted octanol–water partition coefficient (Wildman–Crippen LogP) is 3.36. The van der Waals surface area contributed by atoms with Crippen LogP contribution in [-0.4, -0.2) is 97.5 Å². The monoisotopic (exact) mass is 560 g/mol. The van der Waals surface area contributed by atoms with Gasteiger partial charge in [0.05, 0.1) is 50.6 Å². The fraction of sp³-hybridized carbons (Fsp3) is 0.621. The van der Waals surface area contributed by atoms with Crippen molar-refractivity contribution in [3.8, 4) is 11.5 Å². The molecule has 10 heteroatoms. The van der Waals surface area contributed by atoms with Crippen molar-refractivity contribution >= 4 is 29.9 Å². The number of hydrogen-bond donors (Lipinski definition) is 0. The minimum absolute atomic E-state index is 0. The number of fused-ring (bicyclic) bond motifs is 1. The Morgan fingerprint density at radius 2 is 1.64 bits per heavy atom. The first-order valence-electron chi connectivity index (χ1n) is 14.1. The van der Waals surface area contributed by atoms with Gasteiger partial charge in [-0.3, -0.25) is 14.5 Å². The third kappa shape index (κ3) is 6.58. The molecule has 0 saturated carbocycles. The molecule has 0 spiro atoms. The van der Waals surface area contributed by atoms with Gasteiger partial charge in [-0.05, 0) is 57.7 Å². The highest BCUT2D eigenvalue weighted by atomic mass is 35.5. The number of ether oxygens (including phenoxy) is 3. The summed E-state index contributed by atoms with van der Waals surface area (Å²) in [5.74, 6) is 1.62. The summed E-state index contributed by atoms with van der Waals surface area (Å²) in [5.41, 5.74) is 1.91. The molecular weight excluding hydrogens is 520 g/mol. The zero-order valence-corrected chi connectivity index (χ0v) is 23.9. The first-order chi connectivity index (χ1) is 18.6. The van der Waals surface area contributed by atoms with Gasteiger partial charge >= 0.3 is 0 Å². The number of benzene rings is 1. The molecule has 2 amide bonds. The van der Waals surface area contributed by atoms with Crippen molar-refractivity contribution in [2.75, 3.05) is 59.2 Å². The van der Waals surface area contributed by atoms with E-state index in [0.717, 1.165) is 55.8 Å². The summed E-state index contributed by atoms with van der Waals surface area (Å²) < 4.78 is 17.1. The van der Waals surface area contributed by atoms with E-state index in [9.17, 15) is 9.59 Å². The fourth-order valence-corrected chi connectivity index (χ4v) is 5.95. The van der Waals surface area contributed by atoms with Crippen LogP contribution in [0.3, 0.4) is 0 Å². The zero-order chi connectivity index (χ0) is 26.5. The summed E-state index contributed by atoms with van der Waals surface area (Å²) in [7, 11) is 0. The lowest BCUT2D eigenvalue weighted by Crippen LogP contribution is -2.53. The minimum Gasteiger partial charge on any atom is -0.490 e. The van der Waals surface area contributed by atoms with Gasteiger partial charge in [0.1, 0.15) is 0 Å². The van der Waals surface area contributed by atoms with E-state index in [0.29, 0.717) is 51.8 Å². The maximum absolute atomic E-state index is 13.7. The molecule has 1 aromatic rings. The van der Waals surface area contributed by atoms with Crippen LogP contribution in [0.1, 0.15) is 45.1 Å². The zero-order valence-electron chi connectivity index (χ0n) is 23.0. The van der Waals surface area contributed by atoms with E-state index in [4.69, 9.17) is 19.3 Å². The molecule has 0 radical (unpaired) electrons. The third-order valence-corrected chi connectivity index (χ3v) is 8.01. The number of morpholine rings is 1. The quantitative estimate of drug-likeness (QED) is 0.453. The number of allylic oxidation sites excluding steroid dienone is 2. The molecule has 2 fully saturated rings. The van der Waals surface area contributed by atoms with Gasteiger partial charge in [0.2, 0.25) is 11.8 Å². The Labute approximate surface area is 237 Å². The summed E-state index contributed by atoms with van der Waals surface area (Å²) in [6.45, 7) is 9.72. The van der Waals surface area contributed by atoms with E-state index in [1.54, 1.807) is 5.01 Å². The molecule has 39 heavy (non-hydrogen) atoms. The number of carbonyl (C=O) groups excluding carboxylic acids is 2. The Balaban J connectivity index is 0.00000353. The summed E-state index contributed by atoms with van der Waals surface area (Å²) in [4.78, 5) is 30.7. The van der Waals surface area contributed by atoms with Crippen LogP contribution < -0.4 is 9.47 Å². The topological polar surface area (TPSA) is 83.9 Å². The van der Waals surface area contributed by atoms with Gasteiger partial charge in [0.25, 0.3) is 0 Å². The number of carbonyl (C=O) groups is 2. The molecule has 1 aromatic carbocycles. The number of hydrazone groups is 1. The molecule has 0 aromatic heterocycles. The van der Waals surface area contributed by atoms with Crippen molar-refractivity contribution in [2.24, 2.45) is 16.9 Å². The first kappa shape index (κ1) is 29.4. The second kappa shape index (κ2) is 13.6. The summed E-state index contributed by atoms with van der Waals surface area (Å²) in [6, 6.07) is 5.97. The Hall–Kier alpha value is -2.62. The average molecular weight is 561 g/mol. The maximum Gasteiger partial charge on any atom is 0.247 e. The number of amides is 2. The second-order valence-corrected chi connectivity index (χ2v) is 10.4. The Bertz CT molecular complexity index is 1070. The highest BCUT2D eigenvalue weighted by Crippen LogP contribution is 2.38. The van der Waals surface area contributed by atoms with Gasteiger partial charge in [-0.2, -0.15) is 5.10 Å². The van der Waals surface area contributed by atoms with Gasteiger partial charge < -0.3 is 19.1 Å². The van der Waals surface area contributed by atoms with E-state index >= 15 is 0 Å². The van der Waals surface area contributed by atoms with E-state index in [1.807, 2.05) is 36.9 Å². The van der Waals surface area contributed by atoms with Gasteiger partial charge in [-0.25, -0.2) is 5.01 Å². The van der Waals surface area contributed by atoms with Gasteiger partial charge in [0.15, 0.2) is 11.5 Å². The molecule has 3 heterocycles. The second-order valence-electron chi connectivity index (χ2n) is 10.4. The van der Waals surface area contributed by atoms with Crippen LogP contribution in [-0.2, 0) is 14.3 Å². The van der Waals surface area contributed by atoms with Crippen LogP contribution in [0.25, 0.3) is 0 Å². The third-order valence-electron chi connectivity index (χ3n) is 8.01. The largest absolute Gasteiger partial charge is 0.490 e. The lowest BCUT2D eigenvalue weighted by molar-refractivity contribution is -0.142. The summed E-state index contributed by atoms with van der Waals surface area (Å²) >= 11 is 0. The van der Waals surface area contributed by atoms with Gasteiger partial charge in [-0.15, -0.1) is 12.4 Å². The molecule has 5 rings (SSSR count).